The molecule has 4 heteroatoms. The van der Waals surface area contributed by atoms with E-state index < -0.39 is 0 Å². The van der Waals surface area contributed by atoms with Gasteiger partial charge in [0, 0.05) is 5.02 Å². The monoisotopic (exact) mass is 327 g/mol. The summed E-state index contributed by atoms with van der Waals surface area (Å²) in [6, 6.07) is 13.7. The van der Waals surface area contributed by atoms with Gasteiger partial charge in [-0.3, -0.25) is 0 Å². The molecule has 1 atom stereocenters. The van der Waals surface area contributed by atoms with Crippen LogP contribution in [0.5, 0.6) is 0 Å². The van der Waals surface area contributed by atoms with Crippen LogP contribution in [0.4, 0.5) is 5.69 Å². The first-order chi connectivity index (χ1) is 9.61. The molecule has 0 radical (unpaired) electrons. The molecule has 0 saturated carbocycles. The Bertz CT molecular complexity index is 566. The molecule has 1 nitrogen and oxygen atoms in total. The summed E-state index contributed by atoms with van der Waals surface area (Å²) >= 11 is 18.2. The van der Waals surface area contributed by atoms with E-state index >= 15 is 0 Å². The minimum atomic E-state index is 0.188. The number of hydrogen-bond donors (Lipinski definition) is 1. The highest BCUT2D eigenvalue weighted by atomic mass is 35.5. The summed E-state index contributed by atoms with van der Waals surface area (Å²) in [5.41, 5.74) is 2.04. The Morgan fingerprint density at radius 2 is 1.70 bits per heavy atom. The van der Waals surface area contributed by atoms with Gasteiger partial charge in [0.05, 0.1) is 21.8 Å². The van der Waals surface area contributed by atoms with Crippen molar-refractivity contribution >= 4 is 40.5 Å². The maximum atomic E-state index is 6.23. The van der Waals surface area contributed by atoms with Crippen molar-refractivity contribution in [3.05, 3.63) is 63.1 Å². The van der Waals surface area contributed by atoms with E-state index in [0.29, 0.717) is 10.0 Å². The summed E-state index contributed by atoms with van der Waals surface area (Å²) in [6.07, 6.45) is 2.07. The van der Waals surface area contributed by atoms with Gasteiger partial charge in [0.25, 0.3) is 0 Å². The van der Waals surface area contributed by atoms with Gasteiger partial charge < -0.3 is 5.32 Å². The largest absolute Gasteiger partial charge is 0.377 e. The molecule has 0 amide bonds. The summed E-state index contributed by atoms with van der Waals surface area (Å²) in [4.78, 5) is 0. The minimum absolute atomic E-state index is 0.188. The molecule has 0 aliphatic rings. The first-order valence-corrected chi connectivity index (χ1v) is 7.71. The van der Waals surface area contributed by atoms with Crippen molar-refractivity contribution in [3.63, 3.8) is 0 Å². The Kier molecular flexibility index (Phi) is 5.59. The van der Waals surface area contributed by atoms with E-state index in [-0.39, 0.29) is 6.04 Å². The molecule has 0 saturated heterocycles. The topological polar surface area (TPSA) is 12.0 Å². The molecule has 0 aliphatic heterocycles. The van der Waals surface area contributed by atoms with Crippen LogP contribution in [-0.4, -0.2) is 0 Å². The highest BCUT2D eigenvalue weighted by Crippen LogP contribution is 2.33. The molecule has 0 fully saturated rings. The lowest BCUT2D eigenvalue weighted by molar-refractivity contribution is 0.678. The molecule has 106 valence electrons. The number of hydrogen-bond acceptors (Lipinski definition) is 1. The molecule has 1 N–H and O–H groups in total. The summed E-state index contributed by atoms with van der Waals surface area (Å²) in [5.74, 6) is 0. The zero-order valence-electron chi connectivity index (χ0n) is 11.2. The summed E-state index contributed by atoms with van der Waals surface area (Å²) in [5, 5.41) is 5.32. The van der Waals surface area contributed by atoms with Crippen molar-refractivity contribution < 1.29 is 0 Å². The second-order valence-electron chi connectivity index (χ2n) is 4.64. The molecule has 2 rings (SSSR count). The molecule has 2 aromatic rings. The summed E-state index contributed by atoms with van der Waals surface area (Å²) in [6.45, 7) is 2.16. The fourth-order valence-electron chi connectivity index (χ4n) is 2.11. The third kappa shape index (κ3) is 3.82. The molecule has 0 aromatic heterocycles. The average Bonchev–Trinajstić information content (AvgIpc) is 2.44. The number of halogens is 3. The van der Waals surface area contributed by atoms with Gasteiger partial charge in [-0.2, -0.15) is 0 Å². The normalized spacial score (nSPS) is 12.2. The molecular weight excluding hydrogens is 313 g/mol. The quantitative estimate of drug-likeness (QED) is 0.652. The number of benzene rings is 2. The zero-order valence-corrected chi connectivity index (χ0v) is 13.4. The maximum absolute atomic E-state index is 6.23. The first-order valence-electron chi connectivity index (χ1n) is 6.58. The van der Waals surface area contributed by atoms with Crippen molar-refractivity contribution in [1.29, 1.82) is 0 Å². The Morgan fingerprint density at radius 3 is 2.35 bits per heavy atom. The Morgan fingerprint density at radius 1 is 1.00 bits per heavy atom. The van der Waals surface area contributed by atoms with Crippen LogP contribution in [0, 0.1) is 0 Å². The van der Waals surface area contributed by atoms with E-state index in [0.717, 1.165) is 23.6 Å². The van der Waals surface area contributed by atoms with Crippen LogP contribution in [-0.2, 0) is 0 Å². The van der Waals surface area contributed by atoms with Gasteiger partial charge in [0.2, 0.25) is 0 Å². The Hall–Kier alpha value is -0.890. The maximum Gasteiger partial charge on any atom is 0.0823 e. The lowest BCUT2D eigenvalue weighted by Gasteiger charge is -2.21. The number of nitrogens with one attached hydrogen (secondary N) is 1. The van der Waals surface area contributed by atoms with Gasteiger partial charge in [-0.15, -0.1) is 0 Å². The van der Waals surface area contributed by atoms with Crippen molar-refractivity contribution in [3.8, 4) is 0 Å². The van der Waals surface area contributed by atoms with E-state index in [4.69, 9.17) is 34.8 Å². The lowest BCUT2D eigenvalue weighted by atomic mass is 10.0. The summed E-state index contributed by atoms with van der Waals surface area (Å²) < 4.78 is 0. The van der Waals surface area contributed by atoms with E-state index in [2.05, 4.69) is 12.2 Å². The fourth-order valence-corrected chi connectivity index (χ4v) is 2.59. The van der Waals surface area contributed by atoms with Gasteiger partial charge in [0.15, 0.2) is 0 Å². The van der Waals surface area contributed by atoms with Crippen molar-refractivity contribution in [1.82, 2.24) is 0 Å². The molecule has 1 unspecified atom stereocenters. The highest BCUT2D eigenvalue weighted by molar-refractivity contribution is 6.43. The van der Waals surface area contributed by atoms with Crippen LogP contribution < -0.4 is 5.32 Å². The third-order valence-electron chi connectivity index (χ3n) is 3.13. The molecule has 20 heavy (non-hydrogen) atoms. The highest BCUT2D eigenvalue weighted by Gasteiger charge is 2.13. The number of rotatable bonds is 5. The Balaban J connectivity index is 2.25. The van der Waals surface area contributed by atoms with Crippen molar-refractivity contribution in [2.75, 3.05) is 5.32 Å². The van der Waals surface area contributed by atoms with E-state index in [1.54, 1.807) is 6.07 Å². The smallest absolute Gasteiger partial charge is 0.0823 e. The van der Waals surface area contributed by atoms with E-state index in [9.17, 15) is 0 Å². The van der Waals surface area contributed by atoms with Crippen LogP contribution in [0.15, 0.2) is 42.5 Å². The van der Waals surface area contributed by atoms with Crippen LogP contribution in [0.3, 0.4) is 0 Å². The SMILES string of the molecule is CCCC(Nc1cccc(Cl)c1Cl)c1ccc(Cl)cc1. The van der Waals surface area contributed by atoms with Crippen molar-refractivity contribution in [2.45, 2.75) is 25.8 Å². The predicted octanol–water partition coefficient (Wildman–Crippen LogP) is 6.60. The molecule has 0 bridgehead atoms. The molecule has 0 aliphatic carbocycles. The number of anilines is 1. The van der Waals surface area contributed by atoms with Crippen LogP contribution in [0.25, 0.3) is 0 Å². The van der Waals surface area contributed by atoms with Gasteiger partial charge in [-0.25, -0.2) is 0 Å². The van der Waals surface area contributed by atoms with Crippen molar-refractivity contribution in [2.24, 2.45) is 0 Å². The van der Waals surface area contributed by atoms with Gasteiger partial charge >= 0.3 is 0 Å². The predicted molar refractivity (Wildman–Crippen MR) is 89.2 cm³/mol. The standard InChI is InChI=1S/C16H16Cl3N/c1-2-4-14(11-7-9-12(17)10-8-11)20-15-6-3-5-13(18)16(15)19/h3,5-10,14,20H,2,4H2,1H3. The van der Waals surface area contributed by atoms with Crippen LogP contribution in [0.2, 0.25) is 15.1 Å². The first kappa shape index (κ1) is 15.5. The van der Waals surface area contributed by atoms with E-state index in [1.165, 1.54) is 5.56 Å². The van der Waals surface area contributed by atoms with Crippen LogP contribution >= 0.6 is 34.8 Å². The minimum Gasteiger partial charge on any atom is -0.377 e. The van der Waals surface area contributed by atoms with E-state index in [1.807, 2.05) is 36.4 Å². The molecular formula is C16H16Cl3N. The lowest BCUT2D eigenvalue weighted by Crippen LogP contribution is -2.10. The van der Waals surface area contributed by atoms with Gasteiger partial charge in [0.1, 0.15) is 0 Å². The van der Waals surface area contributed by atoms with Crippen LogP contribution in [0.1, 0.15) is 31.4 Å². The molecule has 0 heterocycles. The molecule has 0 spiro atoms. The summed E-state index contributed by atoms with van der Waals surface area (Å²) in [7, 11) is 0. The molecule has 2 aromatic carbocycles. The third-order valence-corrected chi connectivity index (χ3v) is 4.20. The zero-order chi connectivity index (χ0) is 14.5. The second-order valence-corrected chi connectivity index (χ2v) is 5.86. The second kappa shape index (κ2) is 7.21. The van der Waals surface area contributed by atoms with Gasteiger partial charge in [-0.05, 0) is 36.2 Å². The van der Waals surface area contributed by atoms with Gasteiger partial charge in [-0.1, -0.05) is 66.3 Å². The fraction of sp³-hybridized carbons (Fsp3) is 0.250. The Labute approximate surface area is 134 Å². The average molecular weight is 329 g/mol.